The molecule has 0 aliphatic carbocycles. The Hall–Kier alpha value is -2.10. The van der Waals surface area contributed by atoms with Crippen molar-refractivity contribution in [2.24, 2.45) is 0 Å². The largest absolute Gasteiger partial charge is 0.598 e. The summed E-state index contributed by atoms with van der Waals surface area (Å²) in [4.78, 5) is 31.7. The standard InChI is InChI=1S/C19H27N5O3S/c1-7-13-8-15(24-11-16(25)22(6)18(24)26)17-20-14(10-23(17)9-13)12(2)21-28(27)19(3,4)5/h8-10,12,21H,7,11H2,1-6H3/t12-,28?/m1/s1. The maximum Gasteiger partial charge on any atom is 0.331 e. The molecule has 0 saturated carbocycles. The first kappa shape index (κ1) is 20.6. The minimum atomic E-state index is -1.23. The molecule has 2 atom stereocenters. The van der Waals surface area contributed by atoms with Crippen LogP contribution in [0.5, 0.6) is 0 Å². The summed E-state index contributed by atoms with van der Waals surface area (Å²) in [6, 6.07) is 1.31. The van der Waals surface area contributed by atoms with E-state index in [9.17, 15) is 14.1 Å². The number of aromatic nitrogens is 2. The Morgan fingerprint density at radius 3 is 2.54 bits per heavy atom. The highest BCUT2D eigenvalue weighted by molar-refractivity contribution is 7.90. The molecule has 2 aromatic rings. The number of likely N-dealkylation sites (N-methyl/N-ethyl adjacent to an activating group) is 1. The summed E-state index contributed by atoms with van der Waals surface area (Å²) < 4.78 is 17.0. The summed E-state index contributed by atoms with van der Waals surface area (Å²) in [6.07, 6.45) is 4.63. The highest BCUT2D eigenvalue weighted by atomic mass is 32.2. The Bertz CT molecular complexity index is 920. The number of rotatable bonds is 5. The fraction of sp³-hybridized carbons (Fsp3) is 0.526. The minimum absolute atomic E-state index is 0.00218. The number of nitrogens with zero attached hydrogens (tertiary/aromatic N) is 4. The van der Waals surface area contributed by atoms with Crippen molar-refractivity contribution in [2.45, 2.75) is 51.8 Å². The number of carbonyl (C=O) groups is 2. The van der Waals surface area contributed by atoms with E-state index in [4.69, 9.17) is 4.98 Å². The normalized spacial score (nSPS) is 17.7. The van der Waals surface area contributed by atoms with Crippen LogP contribution >= 0.6 is 0 Å². The number of carbonyl (C=O) groups excluding carboxylic acids is 2. The van der Waals surface area contributed by atoms with E-state index in [0.29, 0.717) is 11.3 Å². The average molecular weight is 406 g/mol. The van der Waals surface area contributed by atoms with Crippen LogP contribution in [-0.4, -0.2) is 49.1 Å². The smallest absolute Gasteiger partial charge is 0.331 e. The molecule has 3 rings (SSSR count). The van der Waals surface area contributed by atoms with Crippen molar-refractivity contribution < 1.29 is 14.1 Å². The molecule has 0 radical (unpaired) electrons. The van der Waals surface area contributed by atoms with Gasteiger partial charge in [-0.05, 0) is 45.7 Å². The molecule has 0 spiro atoms. The van der Waals surface area contributed by atoms with Gasteiger partial charge in [-0.25, -0.2) is 9.78 Å². The van der Waals surface area contributed by atoms with Crippen LogP contribution in [0.2, 0.25) is 0 Å². The van der Waals surface area contributed by atoms with E-state index in [1.807, 2.05) is 57.5 Å². The molecule has 28 heavy (non-hydrogen) atoms. The fourth-order valence-corrected chi connectivity index (χ4v) is 3.74. The molecule has 1 aliphatic heterocycles. The van der Waals surface area contributed by atoms with E-state index in [-0.39, 0.29) is 29.3 Å². The lowest BCUT2D eigenvalue weighted by Gasteiger charge is -2.25. The highest BCUT2D eigenvalue weighted by Crippen LogP contribution is 2.29. The van der Waals surface area contributed by atoms with Gasteiger partial charge < -0.3 is 8.95 Å². The predicted molar refractivity (Wildman–Crippen MR) is 110 cm³/mol. The zero-order valence-corrected chi connectivity index (χ0v) is 18.0. The molecule has 152 valence electrons. The van der Waals surface area contributed by atoms with Gasteiger partial charge in [-0.3, -0.25) is 14.6 Å². The second-order valence-corrected chi connectivity index (χ2v) is 10.0. The van der Waals surface area contributed by atoms with Crippen molar-refractivity contribution in [1.82, 2.24) is 19.0 Å². The van der Waals surface area contributed by atoms with Gasteiger partial charge in [-0.2, -0.15) is 0 Å². The molecule has 1 N–H and O–H groups in total. The highest BCUT2D eigenvalue weighted by Gasteiger charge is 2.36. The predicted octanol–water partition coefficient (Wildman–Crippen LogP) is 2.41. The summed E-state index contributed by atoms with van der Waals surface area (Å²) in [5.41, 5.74) is 2.95. The Kier molecular flexibility index (Phi) is 5.44. The number of imidazole rings is 1. The van der Waals surface area contributed by atoms with Crippen LogP contribution in [0.4, 0.5) is 10.5 Å². The number of nitrogens with one attached hydrogen (secondary N) is 1. The third kappa shape index (κ3) is 3.74. The van der Waals surface area contributed by atoms with E-state index in [0.717, 1.165) is 22.6 Å². The molecule has 1 saturated heterocycles. The van der Waals surface area contributed by atoms with Gasteiger partial charge in [0.25, 0.3) is 0 Å². The number of imide groups is 1. The van der Waals surface area contributed by atoms with E-state index >= 15 is 0 Å². The van der Waals surface area contributed by atoms with Gasteiger partial charge in [0, 0.05) is 30.8 Å². The first-order valence-electron chi connectivity index (χ1n) is 9.30. The molecule has 3 amide bonds. The topological polar surface area (TPSA) is 93.0 Å². The second kappa shape index (κ2) is 7.38. The van der Waals surface area contributed by atoms with Gasteiger partial charge in [0.1, 0.15) is 11.3 Å². The maximum absolute atomic E-state index is 12.5. The summed E-state index contributed by atoms with van der Waals surface area (Å²) in [7, 11) is 1.48. The Balaban J connectivity index is 2.01. The van der Waals surface area contributed by atoms with Crippen LogP contribution in [-0.2, 0) is 22.6 Å². The molecule has 1 unspecified atom stereocenters. The van der Waals surface area contributed by atoms with Crippen LogP contribution in [0.15, 0.2) is 18.5 Å². The minimum Gasteiger partial charge on any atom is -0.598 e. The Labute approximate surface area is 168 Å². The molecule has 2 aromatic heterocycles. The van der Waals surface area contributed by atoms with Crippen molar-refractivity contribution in [3.05, 3.63) is 29.7 Å². The van der Waals surface area contributed by atoms with Gasteiger partial charge in [-0.15, -0.1) is 4.72 Å². The Morgan fingerprint density at radius 1 is 1.32 bits per heavy atom. The average Bonchev–Trinajstić information content (AvgIpc) is 3.16. The SMILES string of the molecule is CCc1cc(N2CC(=O)N(C)C2=O)c2nc([C@@H](C)N[S+]([O-])C(C)(C)C)cn2c1. The molecule has 0 aromatic carbocycles. The van der Waals surface area contributed by atoms with Crippen molar-refractivity contribution in [3.8, 4) is 0 Å². The van der Waals surface area contributed by atoms with Crippen molar-refractivity contribution in [1.29, 1.82) is 0 Å². The summed E-state index contributed by atoms with van der Waals surface area (Å²) in [6.45, 7) is 9.66. The first-order chi connectivity index (χ1) is 13.0. The molecule has 9 heteroatoms. The summed E-state index contributed by atoms with van der Waals surface area (Å²) >= 11 is -1.23. The zero-order chi connectivity index (χ0) is 20.8. The van der Waals surface area contributed by atoms with Crippen LogP contribution in [0.25, 0.3) is 5.65 Å². The molecule has 1 aliphatic rings. The maximum atomic E-state index is 12.5. The molecule has 1 fully saturated rings. The van der Waals surface area contributed by atoms with E-state index in [1.54, 1.807) is 0 Å². The molecule has 8 nitrogen and oxygen atoms in total. The van der Waals surface area contributed by atoms with Crippen molar-refractivity contribution in [3.63, 3.8) is 0 Å². The zero-order valence-electron chi connectivity index (χ0n) is 17.1. The van der Waals surface area contributed by atoms with E-state index in [2.05, 4.69) is 4.72 Å². The summed E-state index contributed by atoms with van der Waals surface area (Å²) in [5, 5.41) is 0. The number of fused-ring (bicyclic) bond motifs is 1. The number of urea groups is 1. The van der Waals surface area contributed by atoms with Gasteiger partial charge >= 0.3 is 6.03 Å². The number of pyridine rings is 1. The number of hydrogen-bond acceptors (Lipinski definition) is 5. The quantitative estimate of drug-likeness (QED) is 0.609. The lowest BCUT2D eigenvalue weighted by molar-refractivity contribution is -0.123. The third-order valence-corrected chi connectivity index (χ3v) is 6.46. The lowest BCUT2D eigenvalue weighted by Crippen LogP contribution is -2.40. The van der Waals surface area contributed by atoms with Gasteiger partial charge in [0.05, 0.1) is 17.4 Å². The molecular weight excluding hydrogens is 378 g/mol. The summed E-state index contributed by atoms with van der Waals surface area (Å²) in [5.74, 6) is -0.243. The molecular formula is C19H27N5O3S. The first-order valence-corrected chi connectivity index (χ1v) is 10.5. The van der Waals surface area contributed by atoms with Crippen LogP contribution in [0.3, 0.4) is 0 Å². The number of hydrogen-bond donors (Lipinski definition) is 1. The van der Waals surface area contributed by atoms with Gasteiger partial charge in [0.2, 0.25) is 5.91 Å². The number of amides is 3. The third-order valence-electron chi connectivity index (χ3n) is 4.78. The van der Waals surface area contributed by atoms with Crippen molar-refractivity contribution in [2.75, 3.05) is 18.5 Å². The van der Waals surface area contributed by atoms with Crippen LogP contribution < -0.4 is 9.62 Å². The Morgan fingerprint density at radius 2 is 2.00 bits per heavy atom. The monoisotopic (exact) mass is 405 g/mol. The van der Waals surface area contributed by atoms with Crippen LogP contribution in [0.1, 0.15) is 51.9 Å². The molecule has 3 heterocycles. The number of aryl methyl sites for hydroxylation is 1. The van der Waals surface area contributed by atoms with Gasteiger partial charge in [-0.1, -0.05) is 6.92 Å². The lowest BCUT2D eigenvalue weighted by atomic mass is 10.2. The van der Waals surface area contributed by atoms with E-state index in [1.165, 1.54) is 11.9 Å². The number of anilines is 1. The second-order valence-electron chi connectivity index (χ2n) is 8.03. The van der Waals surface area contributed by atoms with Gasteiger partial charge in [0.15, 0.2) is 5.65 Å². The van der Waals surface area contributed by atoms with Crippen LogP contribution in [0, 0.1) is 0 Å². The molecule has 0 bridgehead atoms. The fourth-order valence-electron chi connectivity index (χ4n) is 2.94. The van der Waals surface area contributed by atoms with E-state index < -0.39 is 11.4 Å². The van der Waals surface area contributed by atoms with Crippen molar-refractivity contribution >= 4 is 34.6 Å².